The standard InChI is InChI=1S/C14H17F2NO/c1-10(11-5-3-2-4-6-11)17-8-7-12(18)9-13(17)14(15)16/h2-6,10,13-14H,7-9H2,1H3/t10-,13+/m1/s1. The smallest absolute Gasteiger partial charge is 0.254 e. The molecular formula is C14H17F2NO. The number of carbonyl (C=O) groups excluding carboxylic acids is 1. The van der Waals surface area contributed by atoms with Gasteiger partial charge in [-0.25, -0.2) is 8.78 Å². The highest BCUT2D eigenvalue weighted by molar-refractivity contribution is 5.80. The minimum absolute atomic E-state index is 0.0329. The highest BCUT2D eigenvalue weighted by Gasteiger charge is 2.36. The molecule has 1 heterocycles. The molecule has 2 atom stereocenters. The van der Waals surface area contributed by atoms with E-state index in [-0.39, 0.29) is 18.2 Å². The average molecular weight is 253 g/mol. The second kappa shape index (κ2) is 5.57. The van der Waals surface area contributed by atoms with Crippen molar-refractivity contribution in [2.24, 2.45) is 0 Å². The lowest BCUT2D eigenvalue weighted by Gasteiger charge is -2.38. The Balaban J connectivity index is 2.17. The molecule has 2 nitrogen and oxygen atoms in total. The zero-order valence-corrected chi connectivity index (χ0v) is 10.4. The van der Waals surface area contributed by atoms with Gasteiger partial charge >= 0.3 is 0 Å². The van der Waals surface area contributed by atoms with Crippen LogP contribution in [-0.2, 0) is 4.79 Å². The number of hydrogen-bond acceptors (Lipinski definition) is 2. The Morgan fingerprint density at radius 3 is 2.56 bits per heavy atom. The van der Waals surface area contributed by atoms with Crippen LogP contribution in [0.2, 0.25) is 0 Å². The van der Waals surface area contributed by atoms with Crippen molar-refractivity contribution in [1.82, 2.24) is 4.90 Å². The van der Waals surface area contributed by atoms with Crippen molar-refractivity contribution in [3.8, 4) is 0 Å². The molecule has 4 heteroatoms. The second-order valence-corrected chi connectivity index (χ2v) is 4.72. The van der Waals surface area contributed by atoms with Crippen molar-refractivity contribution in [3.63, 3.8) is 0 Å². The average Bonchev–Trinajstić information content (AvgIpc) is 2.39. The van der Waals surface area contributed by atoms with Crippen LogP contribution >= 0.6 is 0 Å². The number of alkyl halides is 2. The van der Waals surface area contributed by atoms with Crippen molar-refractivity contribution in [2.75, 3.05) is 6.54 Å². The van der Waals surface area contributed by atoms with E-state index in [1.807, 2.05) is 37.3 Å². The summed E-state index contributed by atoms with van der Waals surface area (Å²) < 4.78 is 26.1. The van der Waals surface area contributed by atoms with Crippen molar-refractivity contribution in [2.45, 2.75) is 38.3 Å². The summed E-state index contributed by atoms with van der Waals surface area (Å²) in [4.78, 5) is 13.1. The lowest BCUT2D eigenvalue weighted by atomic mass is 9.96. The van der Waals surface area contributed by atoms with Gasteiger partial charge in [-0.15, -0.1) is 0 Å². The topological polar surface area (TPSA) is 20.3 Å². The quantitative estimate of drug-likeness (QED) is 0.825. The Morgan fingerprint density at radius 1 is 1.28 bits per heavy atom. The molecule has 1 saturated heterocycles. The number of ketones is 1. The molecule has 0 radical (unpaired) electrons. The summed E-state index contributed by atoms with van der Waals surface area (Å²) in [5, 5.41) is 0. The number of carbonyl (C=O) groups is 1. The van der Waals surface area contributed by atoms with E-state index in [1.165, 1.54) is 0 Å². The fourth-order valence-corrected chi connectivity index (χ4v) is 2.51. The van der Waals surface area contributed by atoms with E-state index in [2.05, 4.69) is 0 Å². The monoisotopic (exact) mass is 253 g/mol. The largest absolute Gasteiger partial charge is 0.300 e. The van der Waals surface area contributed by atoms with Crippen molar-refractivity contribution in [3.05, 3.63) is 35.9 Å². The molecule has 1 fully saturated rings. The predicted octanol–water partition coefficient (Wildman–Crippen LogP) is 3.05. The van der Waals surface area contributed by atoms with Gasteiger partial charge in [-0.3, -0.25) is 9.69 Å². The Bertz CT molecular complexity index is 408. The fourth-order valence-electron chi connectivity index (χ4n) is 2.51. The molecule has 0 saturated carbocycles. The Labute approximate surface area is 106 Å². The molecule has 0 spiro atoms. The van der Waals surface area contributed by atoms with Gasteiger partial charge in [0.15, 0.2) is 0 Å². The van der Waals surface area contributed by atoms with E-state index in [0.717, 1.165) is 5.56 Å². The van der Waals surface area contributed by atoms with Crippen LogP contribution in [0.4, 0.5) is 8.78 Å². The summed E-state index contributed by atoms with van der Waals surface area (Å²) >= 11 is 0. The van der Waals surface area contributed by atoms with Gasteiger partial charge in [-0.2, -0.15) is 0 Å². The molecule has 18 heavy (non-hydrogen) atoms. The van der Waals surface area contributed by atoms with Gasteiger partial charge < -0.3 is 0 Å². The van der Waals surface area contributed by atoms with Crippen LogP contribution in [0, 0.1) is 0 Å². The molecule has 1 aromatic rings. The van der Waals surface area contributed by atoms with E-state index in [9.17, 15) is 13.6 Å². The summed E-state index contributed by atoms with van der Waals surface area (Å²) in [6.07, 6.45) is -2.13. The van der Waals surface area contributed by atoms with Gasteiger partial charge in [0.1, 0.15) is 5.78 Å². The normalized spacial score (nSPS) is 23.3. The first-order valence-corrected chi connectivity index (χ1v) is 6.20. The molecule has 1 aromatic carbocycles. The molecule has 98 valence electrons. The number of benzene rings is 1. The minimum Gasteiger partial charge on any atom is -0.300 e. The van der Waals surface area contributed by atoms with Gasteiger partial charge in [0, 0.05) is 25.4 Å². The van der Waals surface area contributed by atoms with E-state index in [1.54, 1.807) is 4.90 Å². The van der Waals surface area contributed by atoms with Crippen molar-refractivity contribution in [1.29, 1.82) is 0 Å². The summed E-state index contributed by atoms with van der Waals surface area (Å²) in [7, 11) is 0. The number of likely N-dealkylation sites (tertiary alicyclic amines) is 1. The number of rotatable bonds is 3. The summed E-state index contributed by atoms with van der Waals surface area (Å²) in [6.45, 7) is 2.34. The Hall–Kier alpha value is -1.29. The minimum atomic E-state index is -2.47. The fraction of sp³-hybridized carbons (Fsp3) is 0.500. The lowest BCUT2D eigenvalue weighted by Crippen LogP contribution is -2.47. The van der Waals surface area contributed by atoms with Gasteiger partial charge in [-0.1, -0.05) is 30.3 Å². The maximum atomic E-state index is 13.0. The predicted molar refractivity (Wildman–Crippen MR) is 65.6 cm³/mol. The van der Waals surface area contributed by atoms with Crippen LogP contribution in [-0.4, -0.2) is 29.7 Å². The highest BCUT2D eigenvalue weighted by Crippen LogP contribution is 2.29. The number of piperidine rings is 1. The molecule has 0 N–H and O–H groups in total. The molecule has 0 amide bonds. The molecule has 0 aliphatic carbocycles. The lowest BCUT2D eigenvalue weighted by molar-refractivity contribution is -0.127. The molecule has 2 rings (SSSR count). The van der Waals surface area contributed by atoms with Crippen LogP contribution in [0.3, 0.4) is 0 Å². The Morgan fingerprint density at radius 2 is 1.94 bits per heavy atom. The molecule has 0 aromatic heterocycles. The van der Waals surface area contributed by atoms with Crippen molar-refractivity contribution >= 4 is 5.78 Å². The van der Waals surface area contributed by atoms with E-state index in [4.69, 9.17) is 0 Å². The van der Waals surface area contributed by atoms with Crippen LogP contribution < -0.4 is 0 Å². The SMILES string of the molecule is C[C@H](c1ccccc1)N1CCC(=O)C[C@H]1C(F)F. The first kappa shape index (κ1) is 13.1. The molecule has 0 unspecified atom stereocenters. The van der Waals surface area contributed by atoms with Gasteiger partial charge in [0.05, 0.1) is 6.04 Å². The van der Waals surface area contributed by atoms with Crippen LogP contribution in [0.1, 0.15) is 31.4 Å². The summed E-state index contributed by atoms with van der Waals surface area (Å²) in [5.41, 5.74) is 1.01. The number of hydrogen-bond donors (Lipinski definition) is 0. The number of halogens is 2. The van der Waals surface area contributed by atoms with Crippen LogP contribution in [0.15, 0.2) is 30.3 Å². The second-order valence-electron chi connectivity index (χ2n) is 4.72. The van der Waals surface area contributed by atoms with E-state index >= 15 is 0 Å². The third-order valence-electron chi connectivity index (χ3n) is 3.58. The molecular weight excluding hydrogens is 236 g/mol. The first-order valence-electron chi connectivity index (χ1n) is 6.20. The van der Waals surface area contributed by atoms with Gasteiger partial charge in [0.25, 0.3) is 6.43 Å². The van der Waals surface area contributed by atoms with E-state index < -0.39 is 12.5 Å². The zero-order chi connectivity index (χ0) is 13.1. The Kier molecular flexibility index (Phi) is 4.07. The molecule has 1 aliphatic heterocycles. The maximum absolute atomic E-state index is 13.0. The van der Waals surface area contributed by atoms with E-state index in [0.29, 0.717) is 13.0 Å². The highest BCUT2D eigenvalue weighted by atomic mass is 19.3. The first-order chi connectivity index (χ1) is 8.59. The molecule has 0 bridgehead atoms. The van der Waals surface area contributed by atoms with Crippen molar-refractivity contribution < 1.29 is 13.6 Å². The third kappa shape index (κ3) is 2.75. The number of Topliss-reactive ketones (excluding diaryl/α,β-unsaturated/α-hetero) is 1. The van der Waals surface area contributed by atoms with Crippen LogP contribution in [0.25, 0.3) is 0 Å². The summed E-state index contributed by atoms with van der Waals surface area (Å²) in [6, 6.07) is 8.55. The maximum Gasteiger partial charge on any atom is 0.254 e. The van der Waals surface area contributed by atoms with Gasteiger partial charge in [0.2, 0.25) is 0 Å². The van der Waals surface area contributed by atoms with Gasteiger partial charge in [-0.05, 0) is 12.5 Å². The number of nitrogens with zero attached hydrogens (tertiary/aromatic N) is 1. The zero-order valence-electron chi connectivity index (χ0n) is 10.4. The summed E-state index contributed by atoms with van der Waals surface area (Å²) in [5.74, 6) is -0.0585. The molecule has 1 aliphatic rings. The third-order valence-corrected chi connectivity index (χ3v) is 3.58. The van der Waals surface area contributed by atoms with Crippen LogP contribution in [0.5, 0.6) is 0 Å².